The maximum absolute atomic E-state index is 11.3. The molecule has 3 heteroatoms. The van der Waals surface area contributed by atoms with Crippen molar-refractivity contribution in [2.24, 2.45) is 0 Å². The Labute approximate surface area is 89.7 Å². The van der Waals surface area contributed by atoms with Crippen molar-refractivity contribution in [3.8, 4) is 6.07 Å². The van der Waals surface area contributed by atoms with Gasteiger partial charge in [0.15, 0.2) is 0 Å². The normalized spacial score (nSPS) is 11.5. The van der Waals surface area contributed by atoms with Crippen LogP contribution in [0.5, 0.6) is 0 Å². The quantitative estimate of drug-likeness (QED) is 0.813. The van der Waals surface area contributed by atoms with Gasteiger partial charge < -0.3 is 5.32 Å². The highest BCUT2D eigenvalue weighted by atomic mass is 16.1. The smallest absolute Gasteiger partial charge is 0.221 e. The molecule has 1 rings (SSSR count). The van der Waals surface area contributed by atoms with Crippen molar-refractivity contribution >= 4 is 5.91 Å². The molecule has 1 atom stereocenters. The Morgan fingerprint density at radius 3 is 2.67 bits per heavy atom. The maximum atomic E-state index is 11.3. The fraction of sp³-hybridized carbons (Fsp3) is 0.333. The number of carbonyl (C=O) groups is 1. The summed E-state index contributed by atoms with van der Waals surface area (Å²) in [6, 6.07) is 10.8. The average molecular weight is 202 g/mol. The van der Waals surface area contributed by atoms with Gasteiger partial charge in [-0.15, -0.1) is 0 Å². The number of nitriles is 1. The van der Waals surface area contributed by atoms with E-state index < -0.39 is 6.04 Å². The van der Waals surface area contributed by atoms with Gasteiger partial charge >= 0.3 is 0 Å². The lowest BCUT2D eigenvalue weighted by molar-refractivity contribution is -0.121. The zero-order valence-corrected chi connectivity index (χ0v) is 8.73. The summed E-state index contributed by atoms with van der Waals surface area (Å²) in [5, 5.41) is 11.6. The van der Waals surface area contributed by atoms with E-state index in [9.17, 15) is 4.79 Å². The molecule has 0 aliphatic heterocycles. The summed E-state index contributed by atoms with van der Waals surface area (Å²) in [6.07, 6.45) is 1.25. The molecule has 78 valence electrons. The Balaban J connectivity index is 2.66. The van der Waals surface area contributed by atoms with Crippen LogP contribution in [0.15, 0.2) is 30.3 Å². The second-order valence-electron chi connectivity index (χ2n) is 3.29. The molecule has 0 saturated heterocycles. The molecular weight excluding hydrogens is 188 g/mol. The third-order valence-electron chi connectivity index (χ3n) is 2.04. The SMILES string of the molecule is CCCC(=O)NC(C#N)c1ccccc1. The molecule has 0 radical (unpaired) electrons. The summed E-state index contributed by atoms with van der Waals surface area (Å²) in [5.41, 5.74) is 0.824. The molecule has 0 spiro atoms. The fourth-order valence-electron chi connectivity index (χ4n) is 1.30. The van der Waals surface area contributed by atoms with Crippen LogP contribution in [0.1, 0.15) is 31.4 Å². The lowest BCUT2D eigenvalue weighted by atomic mass is 10.1. The third-order valence-corrected chi connectivity index (χ3v) is 2.04. The summed E-state index contributed by atoms with van der Waals surface area (Å²) < 4.78 is 0. The Kier molecular flexibility index (Phi) is 4.36. The Hall–Kier alpha value is -1.82. The van der Waals surface area contributed by atoms with Gasteiger partial charge in [0.25, 0.3) is 0 Å². The number of rotatable bonds is 4. The van der Waals surface area contributed by atoms with E-state index >= 15 is 0 Å². The van der Waals surface area contributed by atoms with Crippen LogP contribution in [0.4, 0.5) is 0 Å². The molecule has 0 fully saturated rings. The van der Waals surface area contributed by atoms with E-state index in [2.05, 4.69) is 11.4 Å². The topological polar surface area (TPSA) is 52.9 Å². The van der Waals surface area contributed by atoms with Crippen molar-refractivity contribution < 1.29 is 4.79 Å². The molecular formula is C12H14N2O. The summed E-state index contributed by atoms with van der Waals surface area (Å²) in [7, 11) is 0. The highest BCUT2D eigenvalue weighted by molar-refractivity contribution is 5.76. The van der Waals surface area contributed by atoms with Gasteiger partial charge in [0.2, 0.25) is 5.91 Å². The van der Waals surface area contributed by atoms with Crippen molar-refractivity contribution in [2.75, 3.05) is 0 Å². The molecule has 1 unspecified atom stereocenters. The van der Waals surface area contributed by atoms with Crippen LogP contribution in [-0.4, -0.2) is 5.91 Å². The molecule has 1 N–H and O–H groups in total. The molecule has 0 heterocycles. The van der Waals surface area contributed by atoms with Gasteiger partial charge in [0, 0.05) is 6.42 Å². The number of nitrogens with one attached hydrogen (secondary N) is 1. The molecule has 0 aromatic heterocycles. The van der Waals surface area contributed by atoms with Gasteiger partial charge in [-0.1, -0.05) is 37.3 Å². The van der Waals surface area contributed by atoms with Gasteiger partial charge in [-0.3, -0.25) is 4.79 Å². The number of benzene rings is 1. The van der Waals surface area contributed by atoms with Crippen LogP contribution in [0.25, 0.3) is 0 Å². The molecule has 1 aromatic rings. The minimum absolute atomic E-state index is 0.0760. The van der Waals surface area contributed by atoms with Gasteiger partial charge in [-0.05, 0) is 12.0 Å². The lowest BCUT2D eigenvalue weighted by Gasteiger charge is -2.11. The molecule has 0 bridgehead atoms. The molecule has 15 heavy (non-hydrogen) atoms. The highest BCUT2D eigenvalue weighted by Gasteiger charge is 2.11. The minimum atomic E-state index is -0.537. The zero-order chi connectivity index (χ0) is 11.1. The van der Waals surface area contributed by atoms with Crippen molar-refractivity contribution in [1.82, 2.24) is 5.32 Å². The Bertz CT molecular complexity index is 354. The van der Waals surface area contributed by atoms with Crippen LogP contribution in [-0.2, 0) is 4.79 Å². The average Bonchev–Trinajstić information content (AvgIpc) is 2.27. The lowest BCUT2D eigenvalue weighted by Crippen LogP contribution is -2.27. The highest BCUT2D eigenvalue weighted by Crippen LogP contribution is 2.11. The number of hydrogen-bond donors (Lipinski definition) is 1. The van der Waals surface area contributed by atoms with E-state index in [0.717, 1.165) is 12.0 Å². The minimum Gasteiger partial charge on any atom is -0.337 e. The van der Waals surface area contributed by atoms with Gasteiger partial charge in [0.05, 0.1) is 6.07 Å². The number of amides is 1. The van der Waals surface area contributed by atoms with Crippen LogP contribution in [0.3, 0.4) is 0 Å². The van der Waals surface area contributed by atoms with E-state index in [0.29, 0.717) is 6.42 Å². The van der Waals surface area contributed by atoms with Gasteiger partial charge in [-0.2, -0.15) is 5.26 Å². The van der Waals surface area contributed by atoms with Crippen LogP contribution in [0, 0.1) is 11.3 Å². The second-order valence-corrected chi connectivity index (χ2v) is 3.29. The fourth-order valence-corrected chi connectivity index (χ4v) is 1.30. The molecule has 0 aliphatic rings. The summed E-state index contributed by atoms with van der Waals surface area (Å²) in [4.78, 5) is 11.3. The van der Waals surface area contributed by atoms with Crippen molar-refractivity contribution in [3.63, 3.8) is 0 Å². The summed E-state index contributed by atoms with van der Waals surface area (Å²) in [6.45, 7) is 1.93. The molecule has 0 saturated carbocycles. The summed E-state index contributed by atoms with van der Waals surface area (Å²) in [5.74, 6) is -0.0760. The van der Waals surface area contributed by atoms with E-state index in [1.54, 1.807) is 0 Å². The van der Waals surface area contributed by atoms with Crippen LogP contribution < -0.4 is 5.32 Å². The van der Waals surface area contributed by atoms with E-state index in [4.69, 9.17) is 5.26 Å². The van der Waals surface area contributed by atoms with E-state index in [1.807, 2.05) is 37.3 Å². The zero-order valence-electron chi connectivity index (χ0n) is 8.73. The first-order valence-electron chi connectivity index (χ1n) is 5.02. The number of hydrogen-bond acceptors (Lipinski definition) is 2. The first-order chi connectivity index (χ1) is 7.27. The maximum Gasteiger partial charge on any atom is 0.221 e. The first-order valence-corrected chi connectivity index (χ1v) is 5.02. The van der Waals surface area contributed by atoms with Crippen LogP contribution in [0.2, 0.25) is 0 Å². The standard InChI is InChI=1S/C12H14N2O/c1-2-6-12(15)14-11(9-13)10-7-4-3-5-8-10/h3-5,7-8,11H,2,6H2,1H3,(H,14,15). The predicted molar refractivity (Wildman–Crippen MR) is 57.8 cm³/mol. The van der Waals surface area contributed by atoms with Crippen molar-refractivity contribution in [1.29, 1.82) is 5.26 Å². The van der Waals surface area contributed by atoms with Crippen molar-refractivity contribution in [3.05, 3.63) is 35.9 Å². The van der Waals surface area contributed by atoms with E-state index in [-0.39, 0.29) is 5.91 Å². The molecule has 1 amide bonds. The molecule has 3 nitrogen and oxygen atoms in total. The first kappa shape index (κ1) is 11.3. The second kappa shape index (κ2) is 5.82. The molecule has 1 aromatic carbocycles. The van der Waals surface area contributed by atoms with Crippen molar-refractivity contribution in [2.45, 2.75) is 25.8 Å². The summed E-state index contributed by atoms with van der Waals surface area (Å²) >= 11 is 0. The molecule has 0 aliphatic carbocycles. The monoisotopic (exact) mass is 202 g/mol. The predicted octanol–water partition coefficient (Wildman–Crippen LogP) is 2.17. The Morgan fingerprint density at radius 2 is 2.13 bits per heavy atom. The van der Waals surface area contributed by atoms with Crippen LogP contribution >= 0.6 is 0 Å². The number of carbonyl (C=O) groups excluding carboxylic acids is 1. The van der Waals surface area contributed by atoms with Gasteiger partial charge in [-0.25, -0.2) is 0 Å². The third kappa shape index (κ3) is 3.43. The number of nitrogens with zero attached hydrogens (tertiary/aromatic N) is 1. The Morgan fingerprint density at radius 1 is 1.47 bits per heavy atom. The largest absolute Gasteiger partial charge is 0.337 e. The van der Waals surface area contributed by atoms with Gasteiger partial charge in [0.1, 0.15) is 6.04 Å². The van der Waals surface area contributed by atoms with E-state index in [1.165, 1.54) is 0 Å².